The summed E-state index contributed by atoms with van der Waals surface area (Å²) < 4.78 is 24.7. The summed E-state index contributed by atoms with van der Waals surface area (Å²) in [7, 11) is -1.25. The van der Waals surface area contributed by atoms with Crippen LogP contribution in [0.25, 0.3) is 0 Å². The van der Waals surface area contributed by atoms with E-state index < -0.39 is 64.9 Å². The standard InChI is InChI=1S/C25H32FN5O6S/c1-38(37)11-10-20(31-24(35)19(27)12-15-4-8-18(32)9-5-15)25(36)29-14-22(33)30-21(23(28)34)13-16-2-6-17(26)7-3-16/h2-9,19-21,32H,10-14,27H2,1H3,(H2,28,34)(H,29,36)(H,30,33)(H,31,35)/t19-,20-,21-,38-/m0/s1. The van der Waals surface area contributed by atoms with Crippen LogP contribution in [-0.4, -0.2) is 69.6 Å². The number of benzene rings is 2. The Morgan fingerprint density at radius 2 is 1.50 bits per heavy atom. The molecule has 2 aromatic carbocycles. The average molecular weight is 550 g/mol. The second-order valence-corrected chi connectivity index (χ2v) is 10.2. The predicted molar refractivity (Wildman–Crippen MR) is 140 cm³/mol. The Morgan fingerprint density at radius 1 is 0.921 bits per heavy atom. The molecule has 2 rings (SSSR count). The van der Waals surface area contributed by atoms with Gasteiger partial charge in [-0.1, -0.05) is 24.3 Å². The molecule has 38 heavy (non-hydrogen) atoms. The molecule has 0 saturated carbocycles. The van der Waals surface area contributed by atoms with Crippen molar-refractivity contribution >= 4 is 34.4 Å². The summed E-state index contributed by atoms with van der Waals surface area (Å²) in [6, 6.07) is 8.26. The van der Waals surface area contributed by atoms with Crippen molar-refractivity contribution in [1.29, 1.82) is 0 Å². The van der Waals surface area contributed by atoms with Crippen LogP contribution in [0, 0.1) is 5.82 Å². The van der Waals surface area contributed by atoms with Gasteiger partial charge in [0, 0.05) is 29.2 Å². The molecular weight excluding hydrogens is 517 g/mol. The Balaban J connectivity index is 1.95. The number of carbonyl (C=O) groups is 4. The Kier molecular flexibility index (Phi) is 11.8. The molecule has 206 valence electrons. The van der Waals surface area contributed by atoms with Gasteiger partial charge in [-0.05, 0) is 48.2 Å². The number of nitrogens with two attached hydrogens (primary N) is 2. The minimum absolute atomic E-state index is 0.0230. The summed E-state index contributed by atoms with van der Waals surface area (Å²) in [6.07, 6.45) is 1.65. The Bertz CT molecular complexity index is 1150. The lowest BCUT2D eigenvalue weighted by molar-refractivity contribution is -0.131. The lowest BCUT2D eigenvalue weighted by atomic mass is 10.0. The summed E-state index contributed by atoms with van der Waals surface area (Å²) in [6.45, 7) is -0.521. The largest absolute Gasteiger partial charge is 0.508 e. The van der Waals surface area contributed by atoms with E-state index in [1.54, 1.807) is 12.1 Å². The van der Waals surface area contributed by atoms with Crippen molar-refractivity contribution in [1.82, 2.24) is 16.0 Å². The fourth-order valence-corrected chi connectivity index (χ4v) is 3.99. The number of amides is 4. The smallest absolute Gasteiger partial charge is 0.243 e. The van der Waals surface area contributed by atoms with E-state index in [9.17, 15) is 32.9 Å². The van der Waals surface area contributed by atoms with Gasteiger partial charge >= 0.3 is 0 Å². The van der Waals surface area contributed by atoms with Crippen molar-refractivity contribution in [2.45, 2.75) is 37.4 Å². The van der Waals surface area contributed by atoms with Gasteiger partial charge in [-0.25, -0.2) is 4.39 Å². The summed E-state index contributed by atoms with van der Waals surface area (Å²) in [4.78, 5) is 49.6. The van der Waals surface area contributed by atoms with E-state index in [1.807, 2.05) is 0 Å². The second kappa shape index (κ2) is 14.8. The molecule has 0 aliphatic rings. The van der Waals surface area contributed by atoms with E-state index in [1.165, 1.54) is 42.7 Å². The summed E-state index contributed by atoms with van der Waals surface area (Å²) in [5, 5.41) is 16.7. The highest BCUT2D eigenvalue weighted by molar-refractivity contribution is 7.84. The third-order valence-electron chi connectivity index (χ3n) is 5.51. The third-order valence-corrected chi connectivity index (χ3v) is 6.32. The molecule has 0 aromatic heterocycles. The van der Waals surface area contributed by atoms with Gasteiger partial charge in [0.1, 0.15) is 23.7 Å². The number of aromatic hydroxyl groups is 1. The molecule has 0 bridgehead atoms. The van der Waals surface area contributed by atoms with Crippen molar-refractivity contribution in [3.8, 4) is 5.75 Å². The summed E-state index contributed by atoms with van der Waals surface area (Å²) >= 11 is 0. The lowest BCUT2D eigenvalue weighted by Crippen LogP contribution is -2.54. The number of rotatable bonds is 14. The predicted octanol–water partition coefficient (Wildman–Crippen LogP) is -1.02. The normalized spacial score (nSPS) is 14.0. The summed E-state index contributed by atoms with van der Waals surface area (Å²) in [5.74, 6) is -3.13. The first kappa shape index (κ1) is 30.4. The molecule has 4 amide bonds. The van der Waals surface area contributed by atoms with Gasteiger partial charge in [-0.2, -0.15) is 0 Å². The van der Waals surface area contributed by atoms with Crippen LogP contribution in [0.4, 0.5) is 4.39 Å². The van der Waals surface area contributed by atoms with Crippen molar-refractivity contribution in [3.63, 3.8) is 0 Å². The monoisotopic (exact) mass is 549 g/mol. The maximum Gasteiger partial charge on any atom is 0.243 e. The number of carbonyl (C=O) groups excluding carboxylic acids is 4. The Hall–Kier alpha value is -3.84. The first-order valence-electron chi connectivity index (χ1n) is 11.7. The van der Waals surface area contributed by atoms with Gasteiger partial charge in [0.2, 0.25) is 23.6 Å². The number of nitrogens with one attached hydrogen (secondary N) is 3. The zero-order chi connectivity index (χ0) is 28.2. The molecule has 8 N–H and O–H groups in total. The molecule has 0 saturated heterocycles. The first-order chi connectivity index (χ1) is 17.9. The van der Waals surface area contributed by atoms with E-state index in [4.69, 9.17) is 11.5 Å². The zero-order valence-electron chi connectivity index (χ0n) is 20.8. The number of phenols is 1. The van der Waals surface area contributed by atoms with Crippen molar-refractivity contribution in [3.05, 3.63) is 65.5 Å². The fraction of sp³-hybridized carbons (Fsp3) is 0.360. The summed E-state index contributed by atoms with van der Waals surface area (Å²) in [5.41, 5.74) is 12.6. The highest BCUT2D eigenvalue weighted by Gasteiger charge is 2.25. The van der Waals surface area contributed by atoms with E-state index in [0.717, 1.165) is 0 Å². The maximum absolute atomic E-state index is 13.1. The Morgan fingerprint density at radius 3 is 2.08 bits per heavy atom. The number of primary amides is 1. The molecule has 0 aliphatic heterocycles. The van der Waals surface area contributed by atoms with Crippen LogP contribution in [0.1, 0.15) is 17.5 Å². The number of hydrogen-bond donors (Lipinski definition) is 6. The highest BCUT2D eigenvalue weighted by Crippen LogP contribution is 2.11. The number of halogens is 1. The maximum atomic E-state index is 13.1. The number of phenolic OH excluding ortho intramolecular Hbond substituents is 1. The van der Waals surface area contributed by atoms with Gasteiger partial charge in [0.15, 0.2) is 0 Å². The Labute approximate surface area is 222 Å². The van der Waals surface area contributed by atoms with Gasteiger partial charge in [0.25, 0.3) is 0 Å². The minimum atomic E-state index is -1.25. The van der Waals surface area contributed by atoms with Crippen molar-refractivity contribution < 1.29 is 32.9 Å². The molecule has 11 nitrogen and oxygen atoms in total. The van der Waals surface area contributed by atoms with Gasteiger partial charge in [-0.15, -0.1) is 0 Å². The SMILES string of the molecule is C[S@](=O)CC[C@H](NC(=O)[C@@H](N)Cc1ccc(O)cc1)C(=O)NCC(=O)N[C@@H](Cc1ccc(F)cc1)C(N)=O. The molecule has 0 aliphatic carbocycles. The van der Waals surface area contributed by atoms with E-state index in [-0.39, 0.29) is 30.8 Å². The van der Waals surface area contributed by atoms with Gasteiger partial charge in [-0.3, -0.25) is 23.4 Å². The molecule has 2 aromatic rings. The topological polar surface area (TPSA) is 194 Å². The lowest BCUT2D eigenvalue weighted by Gasteiger charge is -2.21. The third kappa shape index (κ3) is 10.6. The molecule has 13 heteroatoms. The van der Waals surface area contributed by atoms with Crippen LogP contribution in [0.3, 0.4) is 0 Å². The average Bonchev–Trinajstić information content (AvgIpc) is 2.86. The van der Waals surface area contributed by atoms with E-state index >= 15 is 0 Å². The first-order valence-corrected chi connectivity index (χ1v) is 13.4. The van der Waals surface area contributed by atoms with Crippen LogP contribution in [0.5, 0.6) is 5.75 Å². The van der Waals surface area contributed by atoms with Crippen LogP contribution in [-0.2, 0) is 42.8 Å². The second-order valence-electron chi connectivity index (χ2n) is 8.68. The van der Waals surface area contributed by atoms with Gasteiger partial charge < -0.3 is 32.5 Å². The molecule has 0 radical (unpaired) electrons. The van der Waals surface area contributed by atoms with Crippen LogP contribution >= 0.6 is 0 Å². The van der Waals surface area contributed by atoms with E-state index in [0.29, 0.717) is 11.1 Å². The van der Waals surface area contributed by atoms with Crippen LogP contribution in [0.15, 0.2) is 48.5 Å². The molecule has 4 atom stereocenters. The van der Waals surface area contributed by atoms with Crippen molar-refractivity contribution in [2.24, 2.45) is 11.5 Å². The van der Waals surface area contributed by atoms with Crippen LogP contribution in [0.2, 0.25) is 0 Å². The minimum Gasteiger partial charge on any atom is -0.508 e. The van der Waals surface area contributed by atoms with Crippen molar-refractivity contribution in [2.75, 3.05) is 18.6 Å². The van der Waals surface area contributed by atoms with Gasteiger partial charge in [0.05, 0.1) is 12.6 Å². The molecule has 0 heterocycles. The zero-order valence-corrected chi connectivity index (χ0v) is 21.6. The highest BCUT2D eigenvalue weighted by atomic mass is 32.2. The van der Waals surface area contributed by atoms with E-state index in [2.05, 4.69) is 16.0 Å². The molecule has 0 fully saturated rings. The number of hydrogen-bond acceptors (Lipinski definition) is 7. The molecule has 0 unspecified atom stereocenters. The van der Waals surface area contributed by atoms with Crippen LogP contribution < -0.4 is 27.4 Å². The fourth-order valence-electron chi connectivity index (χ4n) is 3.42. The molecule has 0 spiro atoms. The molecular formula is C25H32FN5O6S. The quantitative estimate of drug-likeness (QED) is 0.174.